The van der Waals surface area contributed by atoms with Crippen LogP contribution in [-0.4, -0.2) is 46.3 Å². The average molecular weight is 383 g/mol. The summed E-state index contributed by atoms with van der Waals surface area (Å²) in [6.07, 6.45) is 5.16. The fraction of sp³-hybridized carbons (Fsp3) is 0.316. The molecule has 1 aliphatic rings. The SMILES string of the molecule is Bc1nc(C2CCCN(C(=O)OCc3ccccc3)C2)n2ccnc(Cl)c12. The van der Waals surface area contributed by atoms with Crippen molar-refractivity contribution >= 4 is 36.7 Å². The van der Waals surface area contributed by atoms with E-state index in [2.05, 4.69) is 4.98 Å². The maximum Gasteiger partial charge on any atom is 0.410 e. The summed E-state index contributed by atoms with van der Waals surface area (Å²) in [5.74, 6) is 1.06. The maximum absolute atomic E-state index is 12.5. The molecule has 27 heavy (non-hydrogen) atoms. The normalized spacial score (nSPS) is 17.2. The number of aromatic nitrogens is 3. The minimum Gasteiger partial charge on any atom is -0.445 e. The van der Waals surface area contributed by atoms with E-state index in [0.717, 1.165) is 35.3 Å². The fourth-order valence-electron chi connectivity index (χ4n) is 3.65. The molecule has 0 spiro atoms. The second kappa shape index (κ2) is 7.60. The van der Waals surface area contributed by atoms with E-state index in [1.807, 2.05) is 48.8 Å². The lowest BCUT2D eigenvalue weighted by Gasteiger charge is -2.31. The Hall–Kier alpha value is -2.54. The van der Waals surface area contributed by atoms with E-state index in [0.29, 0.717) is 18.2 Å². The molecule has 6 nitrogen and oxygen atoms in total. The zero-order valence-electron chi connectivity index (χ0n) is 15.1. The summed E-state index contributed by atoms with van der Waals surface area (Å²) in [7, 11) is 1.93. The Bertz CT molecular complexity index is 963. The van der Waals surface area contributed by atoms with E-state index in [1.54, 1.807) is 11.1 Å². The molecule has 4 rings (SSSR count). The van der Waals surface area contributed by atoms with Crippen LogP contribution in [0.2, 0.25) is 5.15 Å². The molecule has 3 heterocycles. The minimum atomic E-state index is -0.277. The molecule has 3 aromatic rings. The Morgan fingerprint density at radius 2 is 2.15 bits per heavy atom. The van der Waals surface area contributed by atoms with E-state index in [9.17, 15) is 4.79 Å². The van der Waals surface area contributed by atoms with Crippen LogP contribution in [0.25, 0.3) is 5.52 Å². The van der Waals surface area contributed by atoms with Crippen molar-refractivity contribution in [2.75, 3.05) is 13.1 Å². The molecule has 0 bridgehead atoms. The predicted octanol–water partition coefficient (Wildman–Crippen LogP) is 2.16. The second-order valence-electron chi connectivity index (χ2n) is 6.82. The summed E-state index contributed by atoms with van der Waals surface area (Å²) in [5, 5.41) is 0.448. The third-order valence-electron chi connectivity index (χ3n) is 4.96. The van der Waals surface area contributed by atoms with E-state index >= 15 is 0 Å². The van der Waals surface area contributed by atoms with Gasteiger partial charge in [0.2, 0.25) is 0 Å². The first-order chi connectivity index (χ1) is 13.1. The van der Waals surface area contributed by atoms with E-state index in [-0.39, 0.29) is 18.6 Å². The van der Waals surface area contributed by atoms with Crippen molar-refractivity contribution in [1.29, 1.82) is 0 Å². The number of rotatable bonds is 3. The molecule has 1 fully saturated rings. The molecule has 0 aliphatic carbocycles. The molecule has 1 atom stereocenters. The number of halogens is 1. The summed E-state index contributed by atoms with van der Waals surface area (Å²) in [6.45, 7) is 1.58. The van der Waals surface area contributed by atoms with Gasteiger partial charge in [-0.05, 0) is 18.4 Å². The summed E-state index contributed by atoms with van der Waals surface area (Å²) >= 11 is 6.24. The second-order valence-corrected chi connectivity index (χ2v) is 7.18. The van der Waals surface area contributed by atoms with Crippen LogP contribution < -0.4 is 5.59 Å². The summed E-state index contributed by atoms with van der Waals surface area (Å²) in [6, 6.07) is 9.71. The van der Waals surface area contributed by atoms with Crippen molar-refractivity contribution in [3.63, 3.8) is 0 Å². The van der Waals surface area contributed by atoms with Gasteiger partial charge in [-0.15, -0.1) is 0 Å². The molecule has 0 N–H and O–H groups in total. The number of likely N-dealkylation sites (tertiary alicyclic amines) is 1. The number of hydrogen-bond donors (Lipinski definition) is 0. The van der Waals surface area contributed by atoms with Crippen molar-refractivity contribution in [1.82, 2.24) is 19.3 Å². The largest absolute Gasteiger partial charge is 0.445 e. The van der Waals surface area contributed by atoms with Crippen molar-refractivity contribution in [3.8, 4) is 0 Å². The summed E-state index contributed by atoms with van der Waals surface area (Å²) < 4.78 is 7.49. The monoisotopic (exact) mass is 382 g/mol. The van der Waals surface area contributed by atoms with Crippen LogP contribution in [0.15, 0.2) is 42.7 Å². The molecule has 1 aliphatic heterocycles. The van der Waals surface area contributed by atoms with E-state index < -0.39 is 0 Å². The molecule has 2 aromatic heterocycles. The van der Waals surface area contributed by atoms with Gasteiger partial charge < -0.3 is 9.64 Å². The quantitative estimate of drug-likeness (QED) is 0.651. The summed E-state index contributed by atoms with van der Waals surface area (Å²) in [4.78, 5) is 23.2. The van der Waals surface area contributed by atoms with Crippen LogP contribution in [-0.2, 0) is 11.3 Å². The van der Waals surface area contributed by atoms with Gasteiger partial charge in [0, 0.05) is 37.0 Å². The number of piperidine rings is 1. The van der Waals surface area contributed by atoms with Gasteiger partial charge in [-0.3, -0.25) is 4.40 Å². The molecular formula is C19H20BClN4O2. The minimum absolute atomic E-state index is 0.141. The number of imidazole rings is 1. The smallest absolute Gasteiger partial charge is 0.410 e. The number of ether oxygens (including phenoxy) is 1. The molecule has 1 saturated heterocycles. The third kappa shape index (κ3) is 3.64. The van der Waals surface area contributed by atoms with Crippen molar-refractivity contribution < 1.29 is 9.53 Å². The number of nitrogens with zero attached hydrogens (tertiary/aromatic N) is 4. The Kier molecular flexibility index (Phi) is 5.03. The van der Waals surface area contributed by atoms with Gasteiger partial charge in [-0.25, -0.2) is 14.8 Å². The Morgan fingerprint density at radius 3 is 2.96 bits per heavy atom. The van der Waals surface area contributed by atoms with Crippen LogP contribution in [0.5, 0.6) is 0 Å². The van der Waals surface area contributed by atoms with Crippen molar-refractivity contribution in [2.45, 2.75) is 25.4 Å². The van der Waals surface area contributed by atoms with Crippen LogP contribution >= 0.6 is 11.6 Å². The lowest BCUT2D eigenvalue weighted by atomic mass is 9.97. The van der Waals surface area contributed by atoms with Gasteiger partial charge in [0.15, 0.2) is 13.0 Å². The highest BCUT2D eigenvalue weighted by atomic mass is 35.5. The van der Waals surface area contributed by atoms with Gasteiger partial charge in [0.05, 0.1) is 5.52 Å². The summed E-state index contributed by atoms with van der Waals surface area (Å²) in [5.41, 5.74) is 2.67. The van der Waals surface area contributed by atoms with Crippen molar-refractivity contribution in [3.05, 3.63) is 59.3 Å². The first-order valence-electron chi connectivity index (χ1n) is 9.08. The van der Waals surface area contributed by atoms with Crippen molar-refractivity contribution in [2.24, 2.45) is 0 Å². The zero-order chi connectivity index (χ0) is 18.8. The van der Waals surface area contributed by atoms with E-state index in [1.165, 1.54) is 0 Å². The Balaban J connectivity index is 1.48. The molecule has 1 aromatic carbocycles. The van der Waals surface area contributed by atoms with Crippen LogP contribution in [0.4, 0.5) is 4.79 Å². The number of benzene rings is 1. The van der Waals surface area contributed by atoms with Crippen LogP contribution in [0, 0.1) is 0 Å². The molecule has 138 valence electrons. The molecule has 1 unspecified atom stereocenters. The van der Waals surface area contributed by atoms with Gasteiger partial charge >= 0.3 is 6.09 Å². The number of carbonyl (C=O) groups is 1. The highest BCUT2D eigenvalue weighted by Crippen LogP contribution is 2.27. The highest BCUT2D eigenvalue weighted by molar-refractivity contribution is 6.40. The Morgan fingerprint density at radius 1 is 1.33 bits per heavy atom. The maximum atomic E-state index is 12.5. The zero-order valence-corrected chi connectivity index (χ0v) is 15.9. The molecule has 0 saturated carbocycles. The number of carbonyl (C=O) groups excluding carboxylic acids is 1. The number of fused-ring (bicyclic) bond motifs is 1. The van der Waals surface area contributed by atoms with Gasteiger partial charge in [-0.1, -0.05) is 41.9 Å². The number of amides is 1. The molecule has 0 radical (unpaired) electrons. The standard InChI is InChI=1S/C19H20BClN4O2/c20-16-15-17(21)22-8-10-25(15)18(23-16)14-7-4-9-24(11-14)19(26)27-12-13-5-2-1-3-6-13/h1-3,5-6,8,10,14H,4,7,9,11-12,20H2. The third-order valence-corrected chi connectivity index (χ3v) is 5.24. The molecular weight excluding hydrogens is 363 g/mol. The lowest BCUT2D eigenvalue weighted by Crippen LogP contribution is -2.39. The fourth-order valence-corrected chi connectivity index (χ4v) is 3.93. The van der Waals surface area contributed by atoms with Gasteiger partial charge in [-0.2, -0.15) is 0 Å². The van der Waals surface area contributed by atoms with Crippen LogP contribution in [0.1, 0.15) is 30.1 Å². The predicted molar refractivity (Wildman–Crippen MR) is 106 cm³/mol. The van der Waals surface area contributed by atoms with Crippen LogP contribution in [0.3, 0.4) is 0 Å². The first-order valence-corrected chi connectivity index (χ1v) is 9.46. The van der Waals surface area contributed by atoms with Gasteiger partial charge in [0.1, 0.15) is 12.4 Å². The topological polar surface area (TPSA) is 59.7 Å². The highest BCUT2D eigenvalue weighted by Gasteiger charge is 2.29. The first kappa shape index (κ1) is 17.9. The lowest BCUT2D eigenvalue weighted by molar-refractivity contribution is 0.0853. The van der Waals surface area contributed by atoms with Gasteiger partial charge in [0.25, 0.3) is 0 Å². The number of hydrogen-bond acceptors (Lipinski definition) is 4. The Labute approximate surface area is 163 Å². The molecule has 1 amide bonds. The average Bonchev–Trinajstić information content (AvgIpc) is 3.05. The molecule has 8 heteroatoms. The van der Waals surface area contributed by atoms with E-state index in [4.69, 9.17) is 21.3 Å².